The monoisotopic (exact) mass is 289 g/mol. The van der Waals surface area contributed by atoms with Gasteiger partial charge in [0.1, 0.15) is 0 Å². The van der Waals surface area contributed by atoms with E-state index in [4.69, 9.17) is 0 Å². The Morgan fingerprint density at radius 3 is 2.86 bits per heavy atom. The smallest absolute Gasteiger partial charge is 0.228 e. The summed E-state index contributed by atoms with van der Waals surface area (Å²) in [6, 6.07) is 15.9. The molecule has 2 aromatic carbocycles. The minimum atomic E-state index is -0.0179. The molecule has 108 valence electrons. The van der Waals surface area contributed by atoms with E-state index in [0.717, 1.165) is 33.1 Å². The number of amides is 1. The zero-order valence-corrected chi connectivity index (χ0v) is 11.9. The summed E-state index contributed by atoms with van der Waals surface area (Å²) in [6.07, 6.45) is 4.15. The van der Waals surface area contributed by atoms with Crippen LogP contribution in [0.3, 0.4) is 0 Å². The van der Waals surface area contributed by atoms with Crippen LogP contribution in [0.15, 0.2) is 60.9 Å². The van der Waals surface area contributed by atoms with Crippen LogP contribution in [0, 0.1) is 0 Å². The van der Waals surface area contributed by atoms with E-state index in [9.17, 15) is 4.79 Å². The molecular weight excluding hydrogens is 274 g/mol. The van der Waals surface area contributed by atoms with Gasteiger partial charge in [0.25, 0.3) is 0 Å². The maximum atomic E-state index is 12.3. The molecule has 3 N–H and O–H groups in total. The maximum Gasteiger partial charge on any atom is 0.228 e. The van der Waals surface area contributed by atoms with Crippen molar-refractivity contribution in [3.63, 3.8) is 0 Å². The second-order valence-corrected chi connectivity index (χ2v) is 5.36. The number of hydrogen-bond acceptors (Lipinski definition) is 1. The Kier molecular flexibility index (Phi) is 2.93. The second-order valence-electron chi connectivity index (χ2n) is 5.36. The van der Waals surface area contributed by atoms with E-state index >= 15 is 0 Å². The third-order valence-electron chi connectivity index (χ3n) is 3.86. The van der Waals surface area contributed by atoms with Gasteiger partial charge in [-0.15, -0.1) is 0 Å². The van der Waals surface area contributed by atoms with E-state index in [0.29, 0.717) is 6.42 Å². The number of nitrogens with one attached hydrogen (secondary N) is 3. The molecule has 0 spiro atoms. The number of carbonyl (C=O) groups excluding carboxylic acids is 1. The Morgan fingerprint density at radius 1 is 1.00 bits per heavy atom. The van der Waals surface area contributed by atoms with Crippen molar-refractivity contribution in [3.8, 4) is 0 Å². The van der Waals surface area contributed by atoms with Crippen LogP contribution in [0.1, 0.15) is 5.56 Å². The van der Waals surface area contributed by atoms with Gasteiger partial charge in [0.15, 0.2) is 0 Å². The average Bonchev–Trinajstić information content (AvgIpc) is 3.14. The van der Waals surface area contributed by atoms with Crippen molar-refractivity contribution < 1.29 is 4.79 Å². The molecule has 2 heterocycles. The van der Waals surface area contributed by atoms with Crippen LogP contribution in [-0.2, 0) is 11.2 Å². The first-order valence-electron chi connectivity index (χ1n) is 7.21. The molecule has 0 saturated carbocycles. The third-order valence-corrected chi connectivity index (χ3v) is 3.86. The van der Waals surface area contributed by atoms with E-state index in [-0.39, 0.29) is 5.91 Å². The summed E-state index contributed by atoms with van der Waals surface area (Å²) < 4.78 is 0. The van der Waals surface area contributed by atoms with Crippen LogP contribution >= 0.6 is 0 Å². The van der Waals surface area contributed by atoms with E-state index < -0.39 is 0 Å². The Hall–Kier alpha value is -3.01. The number of aromatic amines is 2. The van der Waals surface area contributed by atoms with Crippen molar-refractivity contribution >= 4 is 33.4 Å². The van der Waals surface area contributed by atoms with Crippen molar-refractivity contribution in [2.24, 2.45) is 0 Å². The molecule has 4 heteroatoms. The standard InChI is InChI=1S/C18H15N3O/c22-18(9-13-11-20-16-4-2-1-3-15(13)16)21-14-6-5-12-7-8-19-17(12)10-14/h1-8,10-11,19-20H,9H2,(H,21,22). The number of anilines is 1. The lowest BCUT2D eigenvalue weighted by Gasteiger charge is -2.05. The van der Waals surface area contributed by atoms with Crippen LogP contribution < -0.4 is 5.32 Å². The lowest BCUT2D eigenvalue weighted by Crippen LogP contribution is -2.14. The topological polar surface area (TPSA) is 60.7 Å². The predicted molar refractivity (Wildman–Crippen MR) is 88.9 cm³/mol. The summed E-state index contributed by atoms with van der Waals surface area (Å²) in [5.41, 5.74) is 3.89. The summed E-state index contributed by atoms with van der Waals surface area (Å²) in [6.45, 7) is 0. The molecule has 2 aromatic heterocycles. The minimum absolute atomic E-state index is 0.0179. The fourth-order valence-corrected chi connectivity index (χ4v) is 2.78. The van der Waals surface area contributed by atoms with Crippen molar-refractivity contribution in [1.82, 2.24) is 9.97 Å². The summed E-state index contributed by atoms with van der Waals surface area (Å²) in [5.74, 6) is -0.0179. The lowest BCUT2D eigenvalue weighted by molar-refractivity contribution is -0.115. The first-order valence-corrected chi connectivity index (χ1v) is 7.21. The zero-order chi connectivity index (χ0) is 14.9. The highest BCUT2D eigenvalue weighted by Crippen LogP contribution is 2.20. The van der Waals surface area contributed by atoms with Crippen molar-refractivity contribution in [2.45, 2.75) is 6.42 Å². The second kappa shape index (κ2) is 5.07. The molecule has 0 fully saturated rings. The number of carbonyl (C=O) groups is 1. The number of hydrogen-bond donors (Lipinski definition) is 3. The molecule has 0 unspecified atom stereocenters. The highest BCUT2D eigenvalue weighted by molar-refractivity contribution is 5.97. The largest absolute Gasteiger partial charge is 0.361 e. The van der Waals surface area contributed by atoms with Crippen LogP contribution in [-0.4, -0.2) is 15.9 Å². The average molecular weight is 289 g/mol. The van der Waals surface area contributed by atoms with Gasteiger partial charge in [-0.05, 0) is 35.2 Å². The summed E-state index contributed by atoms with van der Waals surface area (Å²) in [4.78, 5) is 18.6. The van der Waals surface area contributed by atoms with E-state index in [2.05, 4.69) is 15.3 Å². The van der Waals surface area contributed by atoms with Crippen LogP contribution in [0.2, 0.25) is 0 Å². The van der Waals surface area contributed by atoms with Crippen molar-refractivity contribution in [1.29, 1.82) is 0 Å². The Morgan fingerprint density at radius 2 is 1.91 bits per heavy atom. The van der Waals surface area contributed by atoms with Gasteiger partial charge in [0.05, 0.1) is 6.42 Å². The highest BCUT2D eigenvalue weighted by atomic mass is 16.1. The molecule has 1 amide bonds. The van der Waals surface area contributed by atoms with Crippen molar-refractivity contribution in [2.75, 3.05) is 5.32 Å². The Labute approximate surface area is 127 Å². The van der Waals surface area contributed by atoms with Crippen LogP contribution in [0.25, 0.3) is 21.8 Å². The summed E-state index contributed by atoms with van der Waals surface area (Å²) in [7, 11) is 0. The van der Waals surface area contributed by atoms with Gasteiger partial charge in [-0.3, -0.25) is 4.79 Å². The number of fused-ring (bicyclic) bond motifs is 2. The predicted octanol–water partition coefficient (Wildman–Crippen LogP) is 3.83. The molecule has 0 radical (unpaired) electrons. The van der Waals surface area contributed by atoms with Gasteiger partial charge in [-0.2, -0.15) is 0 Å². The third kappa shape index (κ3) is 2.24. The lowest BCUT2D eigenvalue weighted by atomic mass is 10.1. The van der Waals surface area contributed by atoms with E-state index in [1.54, 1.807) is 0 Å². The molecule has 0 bridgehead atoms. The normalized spacial score (nSPS) is 11.1. The minimum Gasteiger partial charge on any atom is -0.361 e. The molecule has 0 atom stereocenters. The van der Waals surface area contributed by atoms with Gasteiger partial charge in [-0.1, -0.05) is 24.3 Å². The van der Waals surface area contributed by atoms with Crippen LogP contribution in [0.4, 0.5) is 5.69 Å². The number of para-hydroxylation sites is 1. The molecule has 0 aliphatic rings. The molecule has 4 nitrogen and oxygen atoms in total. The molecule has 0 aliphatic carbocycles. The zero-order valence-electron chi connectivity index (χ0n) is 11.9. The van der Waals surface area contributed by atoms with Crippen LogP contribution in [0.5, 0.6) is 0 Å². The highest BCUT2D eigenvalue weighted by Gasteiger charge is 2.09. The molecule has 4 aromatic rings. The Balaban J connectivity index is 1.54. The van der Waals surface area contributed by atoms with Crippen molar-refractivity contribution in [3.05, 3.63) is 66.5 Å². The van der Waals surface area contributed by atoms with E-state index in [1.165, 1.54) is 0 Å². The number of rotatable bonds is 3. The molecule has 0 saturated heterocycles. The molecule has 0 aliphatic heterocycles. The molecular formula is C18H15N3O. The Bertz CT molecular complexity index is 964. The van der Waals surface area contributed by atoms with Gasteiger partial charge in [-0.25, -0.2) is 0 Å². The fraction of sp³-hybridized carbons (Fsp3) is 0.0556. The number of H-pyrrole nitrogens is 2. The first kappa shape index (κ1) is 12.7. The van der Waals surface area contributed by atoms with Gasteiger partial charge >= 0.3 is 0 Å². The fourth-order valence-electron chi connectivity index (χ4n) is 2.78. The van der Waals surface area contributed by atoms with E-state index in [1.807, 2.05) is 60.9 Å². The number of aromatic nitrogens is 2. The molecule has 4 rings (SSSR count). The first-order chi connectivity index (χ1) is 10.8. The number of benzene rings is 2. The van der Waals surface area contributed by atoms with Gasteiger partial charge < -0.3 is 15.3 Å². The maximum absolute atomic E-state index is 12.3. The summed E-state index contributed by atoms with van der Waals surface area (Å²) >= 11 is 0. The molecule has 22 heavy (non-hydrogen) atoms. The van der Waals surface area contributed by atoms with Gasteiger partial charge in [0.2, 0.25) is 5.91 Å². The SMILES string of the molecule is O=C(Cc1c[nH]c2ccccc12)Nc1ccc2cc[nH]c2c1. The quantitative estimate of drug-likeness (QED) is 0.527. The summed E-state index contributed by atoms with van der Waals surface area (Å²) in [5, 5.41) is 5.18. The van der Waals surface area contributed by atoms with Gasteiger partial charge in [0, 0.05) is 34.5 Å².